The Hall–Kier alpha value is -0.570. The molecule has 2 nitrogen and oxygen atoms in total. The Morgan fingerprint density at radius 2 is 2.05 bits per heavy atom. The number of ether oxygens (including phenoxy) is 1. The monoisotopic (exact) mass is 307 g/mol. The molecule has 4 unspecified atom stereocenters. The van der Waals surface area contributed by atoms with Crippen molar-refractivity contribution < 1.29 is 4.74 Å². The summed E-state index contributed by atoms with van der Waals surface area (Å²) in [5, 5.41) is 4.71. The van der Waals surface area contributed by atoms with E-state index in [0.717, 1.165) is 18.1 Å². The summed E-state index contributed by atoms with van der Waals surface area (Å²) in [5.74, 6) is 0.676. The lowest BCUT2D eigenvalue weighted by molar-refractivity contribution is -0.194. The summed E-state index contributed by atoms with van der Waals surface area (Å²) in [5.41, 5.74) is 1.56. The Kier molecular flexibility index (Phi) is 4.31. The quantitative estimate of drug-likeness (QED) is 0.879. The van der Waals surface area contributed by atoms with E-state index >= 15 is 0 Å². The average molecular weight is 308 g/mol. The van der Waals surface area contributed by atoms with Crippen LogP contribution in [0.15, 0.2) is 24.3 Å². The third-order valence-corrected chi connectivity index (χ3v) is 5.64. The van der Waals surface area contributed by atoms with Gasteiger partial charge in [-0.2, -0.15) is 0 Å². The maximum atomic E-state index is 6.00. The summed E-state index contributed by atoms with van der Waals surface area (Å²) in [6, 6.07) is 9.20. The third kappa shape index (κ3) is 2.74. The molecule has 4 atom stereocenters. The van der Waals surface area contributed by atoms with E-state index in [9.17, 15) is 0 Å². The van der Waals surface area contributed by atoms with Crippen LogP contribution in [-0.4, -0.2) is 18.8 Å². The van der Waals surface area contributed by atoms with Crippen molar-refractivity contribution in [2.45, 2.75) is 58.2 Å². The summed E-state index contributed by atoms with van der Waals surface area (Å²) in [6.07, 6.45) is 4.02. The smallest absolute Gasteiger partial charge is 0.0684 e. The molecular formula is C18H26ClNO. The molecule has 1 saturated carbocycles. The molecule has 21 heavy (non-hydrogen) atoms. The van der Waals surface area contributed by atoms with E-state index in [1.54, 1.807) is 0 Å². The van der Waals surface area contributed by atoms with Crippen LogP contribution < -0.4 is 5.32 Å². The number of halogens is 1. The van der Waals surface area contributed by atoms with E-state index in [2.05, 4.69) is 38.2 Å². The zero-order chi connectivity index (χ0) is 15.0. The molecule has 0 aromatic heterocycles. The second-order valence-electron chi connectivity index (χ2n) is 7.08. The lowest BCUT2D eigenvalue weighted by atomic mass is 9.55. The lowest BCUT2D eigenvalue weighted by Gasteiger charge is -2.61. The summed E-state index contributed by atoms with van der Waals surface area (Å²) >= 11 is 6.00. The highest BCUT2D eigenvalue weighted by Crippen LogP contribution is 2.52. The van der Waals surface area contributed by atoms with Crippen LogP contribution in [0.5, 0.6) is 0 Å². The summed E-state index contributed by atoms with van der Waals surface area (Å²) in [4.78, 5) is 0. The highest BCUT2D eigenvalue weighted by atomic mass is 35.5. The second-order valence-corrected chi connectivity index (χ2v) is 7.51. The summed E-state index contributed by atoms with van der Waals surface area (Å²) < 4.78 is 6.00. The second kappa shape index (κ2) is 5.91. The fraction of sp³-hybridized carbons (Fsp3) is 0.667. The van der Waals surface area contributed by atoms with Crippen molar-refractivity contribution in [2.24, 2.45) is 11.3 Å². The molecule has 1 N–H and O–H groups in total. The van der Waals surface area contributed by atoms with Gasteiger partial charge in [-0.05, 0) is 37.0 Å². The largest absolute Gasteiger partial charge is 0.377 e. The van der Waals surface area contributed by atoms with Crippen molar-refractivity contribution in [2.75, 3.05) is 6.61 Å². The number of rotatable bonds is 4. The molecule has 0 radical (unpaired) electrons. The van der Waals surface area contributed by atoms with Gasteiger partial charge in [0.1, 0.15) is 0 Å². The van der Waals surface area contributed by atoms with Crippen LogP contribution in [0.4, 0.5) is 0 Å². The molecule has 2 fully saturated rings. The van der Waals surface area contributed by atoms with Crippen molar-refractivity contribution >= 4 is 11.6 Å². The van der Waals surface area contributed by atoms with Gasteiger partial charge >= 0.3 is 0 Å². The van der Waals surface area contributed by atoms with Crippen LogP contribution in [0.1, 0.15) is 51.6 Å². The van der Waals surface area contributed by atoms with Crippen molar-refractivity contribution in [1.29, 1.82) is 0 Å². The van der Waals surface area contributed by atoms with E-state index in [0.29, 0.717) is 24.1 Å². The Morgan fingerprint density at radius 1 is 1.33 bits per heavy atom. The molecule has 0 amide bonds. The van der Waals surface area contributed by atoms with Gasteiger partial charge < -0.3 is 10.1 Å². The Labute approximate surface area is 133 Å². The minimum absolute atomic E-state index is 0.227. The van der Waals surface area contributed by atoms with Gasteiger partial charge in [-0.25, -0.2) is 0 Å². The van der Waals surface area contributed by atoms with Crippen LogP contribution >= 0.6 is 11.6 Å². The molecule has 1 aliphatic heterocycles. The Morgan fingerprint density at radius 3 is 2.71 bits per heavy atom. The van der Waals surface area contributed by atoms with Gasteiger partial charge in [-0.1, -0.05) is 44.5 Å². The zero-order valence-electron chi connectivity index (χ0n) is 13.2. The molecule has 1 heterocycles. The standard InChI is InChI=1S/C18H26ClNO/c1-4-15(12-7-9-13(19)10-8-12)20-16-14-6-5-11-21-17(14)18(16,2)3/h7-10,14-17,20H,4-6,11H2,1-3H3. The van der Waals surface area contributed by atoms with Crippen LogP contribution in [0.3, 0.4) is 0 Å². The van der Waals surface area contributed by atoms with E-state index in [1.165, 1.54) is 18.4 Å². The van der Waals surface area contributed by atoms with Gasteiger partial charge in [0.15, 0.2) is 0 Å². The van der Waals surface area contributed by atoms with Gasteiger partial charge in [-0.3, -0.25) is 0 Å². The predicted octanol–water partition coefficient (Wildman–Crippen LogP) is 4.58. The van der Waals surface area contributed by atoms with Gasteiger partial charge in [0.05, 0.1) is 6.10 Å². The van der Waals surface area contributed by atoms with E-state index in [4.69, 9.17) is 16.3 Å². The molecule has 3 heteroatoms. The first-order valence-corrected chi connectivity index (χ1v) is 8.55. The van der Waals surface area contributed by atoms with Crippen LogP contribution in [0.2, 0.25) is 5.02 Å². The molecule has 1 saturated heterocycles. The van der Waals surface area contributed by atoms with Crippen LogP contribution in [0.25, 0.3) is 0 Å². The first kappa shape index (κ1) is 15.3. The van der Waals surface area contributed by atoms with Gasteiger partial charge in [-0.15, -0.1) is 0 Å². The average Bonchev–Trinajstić information content (AvgIpc) is 2.49. The number of hydrogen-bond donors (Lipinski definition) is 1. The van der Waals surface area contributed by atoms with Crippen LogP contribution in [0, 0.1) is 11.3 Å². The normalized spacial score (nSPS) is 32.1. The first-order chi connectivity index (χ1) is 10.0. The summed E-state index contributed by atoms with van der Waals surface area (Å²) in [6.45, 7) is 7.86. The Bertz CT molecular complexity index is 484. The molecule has 3 rings (SSSR count). The molecule has 116 valence electrons. The number of fused-ring (bicyclic) bond motifs is 1. The topological polar surface area (TPSA) is 21.3 Å². The molecule has 2 aliphatic rings. The maximum Gasteiger partial charge on any atom is 0.0684 e. The van der Waals surface area contributed by atoms with E-state index < -0.39 is 0 Å². The van der Waals surface area contributed by atoms with Crippen LogP contribution in [-0.2, 0) is 4.74 Å². The zero-order valence-corrected chi connectivity index (χ0v) is 14.0. The van der Waals surface area contributed by atoms with E-state index in [-0.39, 0.29) is 5.41 Å². The van der Waals surface area contributed by atoms with Gasteiger partial charge in [0, 0.05) is 35.0 Å². The maximum absolute atomic E-state index is 6.00. The number of nitrogens with one attached hydrogen (secondary N) is 1. The minimum Gasteiger partial charge on any atom is -0.377 e. The lowest BCUT2D eigenvalue weighted by Crippen LogP contribution is -2.69. The number of hydrogen-bond acceptors (Lipinski definition) is 2. The fourth-order valence-electron chi connectivity index (χ4n) is 4.22. The van der Waals surface area contributed by atoms with Crippen molar-refractivity contribution in [3.8, 4) is 0 Å². The Balaban J connectivity index is 1.73. The van der Waals surface area contributed by atoms with E-state index in [1.807, 2.05) is 12.1 Å². The highest BCUT2D eigenvalue weighted by Gasteiger charge is 2.57. The first-order valence-electron chi connectivity index (χ1n) is 8.17. The molecule has 1 aliphatic carbocycles. The fourth-order valence-corrected chi connectivity index (χ4v) is 4.35. The minimum atomic E-state index is 0.227. The highest BCUT2D eigenvalue weighted by molar-refractivity contribution is 6.30. The molecule has 1 aromatic rings. The van der Waals surface area contributed by atoms with Crippen molar-refractivity contribution in [3.63, 3.8) is 0 Å². The SMILES string of the molecule is CCC(NC1C2CCCOC2C1(C)C)c1ccc(Cl)cc1. The molecule has 0 bridgehead atoms. The molecular weight excluding hydrogens is 282 g/mol. The predicted molar refractivity (Wildman–Crippen MR) is 87.7 cm³/mol. The molecule has 1 aromatic carbocycles. The summed E-state index contributed by atoms with van der Waals surface area (Å²) in [7, 11) is 0. The van der Waals surface area contributed by atoms with Crippen molar-refractivity contribution in [3.05, 3.63) is 34.9 Å². The number of benzene rings is 1. The van der Waals surface area contributed by atoms with Gasteiger partial charge in [0.2, 0.25) is 0 Å². The van der Waals surface area contributed by atoms with Gasteiger partial charge in [0.25, 0.3) is 0 Å². The molecule has 0 spiro atoms. The van der Waals surface area contributed by atoms with Crippen molar-refractivity contribution in [1.82, 2.24) is 5.32 Å². The third-order valence-electron chi connectivity index (χ3n) is 5.39.